The average molecular weight is 298 g/mol. The highest BCUT2D eigenvalue weighted by Gasteiger charge is 2.34. The lowest BCUT2D eigenvalue weighted by atomic mass is 10.2. The Bertz CT molecular complexity index is 627. The minimum atomic E-state index is -3.78. The van der Waals surface area contributed by atoms with Gasteiger partial charge in [0.1, 0.15) is 0 Å². The highest BCUT2D eigenvalue weighted by molar-refractivity contribution is 7.89. The normalized spacial score (nSPS) is 21.5. The number of nitrogens with two attached hydrogens (primary N) is 1. The largest absolute Gasteiger partial charge is 0.465 e. The molecule has 1 aromatic rings. The average Bonchev–Trinajstić information content (AvgIpc) is 3.11. The van der Waals surface area contributed by atoms with Gasteiger partial charge in [-0.2, -0.15) is 0 Å². The van der Waals surface area contributed by atoms with Crippen LogP contribution in [-0.2, 0) is 14.8 Å². The third-order valence-electron chi connectivity index (χ3n) is 3.51. The number of sulfonamides is 1. The van der Waals surface area contributed by atoms with E-state index in [4.69, 9.17) is 5.73 Å². The van der Waals surface area contributed by atoms with E-state index in [1.165, 1.54) is 25.3 Å². The zero-order valence-electron chi connectivity index (χ0n) is 11.4. The molecule has 0 heterocycles. The second kappa shape index (κ2) is 5.41. The fourth-order valence-electron chi connectivity index (χ4n) is 2.02. The molecule has 20 heavy (non-hydrogen) atoms. The van der Waals surface area contributed by atoms with Crippen molar-refractivity contribution in [2.45, 2.75) is 18.2 Å². The predicted molar refractivity (Wildman–Crippen MR) is 74.7 cm³/mol. The second-order valence-corrected chi connectivity index (χ2v) is 6.81. The molecule has 0 spiro atoms. The molecule has 1 aliphatic carbocycles. The summed E-state index contributed by atoms with van der Waals surface area (Å²) in [5.74, 6) is 0.205. The van der Waals surface area contributed by atoms with Gasteiger partial charge in [0, 0.05) is 12.2 Å². The number of benzene rings is 1. The Morgan fingerprint density at radius 2 is 2.15 bits per heavy atom. The van der Waals surface area contributed by atoms with Gasteiger partial charge >= 0.3 is 5.97 Å². The number of carbonyl (C=O) groups excluding carboxylic acids is 1. The molecule has 6 nitrogen and oxygen atoms in total. The molecule has 0 aromatic heterocycles. The molecule has 1 aromatic carbocycles. The number of rotatable bonds is 5. The van der Waals surface area contributed by atoms with Crippen molar-refractivity contribution in [3.63, 3.8) is 0 Å². The van der Waals surface area contributed by atoms with Gasteiger partial charge in [-0.15, -0.1) is 0 Å². The van der Waals surface area contributed by atoms with E-state index in [0.717, 1.165) is 6.42 Å². The second-order valence-electron chi connectivity index (χ2n) is 5.07. The maximum absolute atomic E-state index is 12.3. The molecular weight excluding hydrogens is 280 g/mol. The van der Waals surface area contributed by atoms with Crippen LogP contribution in [0.2, 0.25) is 0 Å². The quantitative estimate of drug-likeness (QED) is 0.624. The van der Waals surface area contributed by atoms with Gasteiger partial charge in [-0.25, -0.2) is 17.9 Å². The molecule has 110 valence electrons. The van der Waals surface area contributed by atoms with Crippen molar-refractivity contribution < 1.29 is 17.9 Å². The maximum Gasteiger partial charge on any atom is 0.339 e. The van der Waals surface area contributed by atoms with Gasteiger partial charge in [0.15, 0.2) is 0 Å². The van der Waals surface area contributed by atoms with Crippen LogP contribution in [0.15, 0.2) is 23.1 Å². The third-order valence-corrected chi connectivity index (χ3v) is 4.98. The van der Waals surface area contributed by atoms with Crippen LogP contribution in [0.3, 0.4) is 0 Å². The summed E-state index contributed by atoms with van der Waals surface area (Å²) in [6.45, 7) is 2.44. The molecule has 0 bridgehead atoms. The van der Waals surface area contributed by atoms with Gasteiger partial charge in [-0.1, -0.05) is 6.92 Å². The first-order valence-electron chi connectivity index (χ1n) is 6.32. The smallest absolute Gasteiger partial charge is 0.339 e. The van der Waals surface area contributed by atoms with Crippen molar-refractivity contribution in [3.8, 4) is 0 Å². The van der Waals surface area contributed by atoms with E-state index in [1.54, 1.807) is 0 Å². The van der Waals surface area contributed by atoms with Crippen LogP contribution in [0.4, 0.5) is 5.69 Å². The van der Waals surface area contributed by atoms with Crippen LogP contribution in [0.25, 0.3) is 0 Å². The lowest BCUT2D eigenvalue weighted by molar-refractivity contribution is 0.0596. The van der Waals surface area contributed by atoms with Crippen molar-refractivity contribution >= 4 is 21.7 Å². The molecular formula is C13H18N2O4S. The molecule has 0 radical (unpaired) electrons. The molecule has 0 saturated heterocycles. The summed E-state index contributed by atoms with van der Waals surface area (Å²) in [7, 11) is -2.58. The lowest BCUT2D eigenvalue weighted by Gasteiger charge is -2.11. The molecule has 0 amide bonds. The Morgan fingerprint density at radius 1 is 1.50 bits per heavy atom. The number of anilines is 1. The summed E-state index contributed by atoms with van der Waals surface area (Å²) in [6.07, 6.45) is 1.02. The molecule has 2 unspecified atom stereocenters. The van der Waals surface area contributed by atoms with Crippen molar-refractivity contribution in [2.24, 2.45) is 11.8 Å². The Kier molecular flexibility index (Phi) is 4.01. The first-order chi connectivity index (χ1) is 9.35. The number of nitrogen functional groups attached to an aromatic ring is 1. The number of nitrogens with one attached hydrogen (secondary N) is 1. The number of carbonyl (C=O) groups is 1. The highest BCUT2D eigenvalue weighted by atomic mass is 32.2. The molecule has 1 saturated carbocycles. The summed E-state index contributed by atoms with van der Waals surface area (Å²) < 4.78 is 31.7. The van der Waals surface area contributed by atoms with Crippen molar-refractivity contribution in [1.29, 1.82) is 0 Å². The highest BCUT2D eigenvalue weighted by Crippen LogP contribution is 2.37. The minimum absolute atomic E-state index is 0.0157. The van der Waals surface area contributed by atoms with Gasteiger partial charge in [-0.3, -0.25) is 0 Å². The van der Waals surface area contributed by atoms with Gasteiger partial charge in [0.05, 0.1) is 17.6 Å². The van der Waals surface area contributed by atoms with Gasteiger partial charge in [-0.05, 0) is 36.5 Å². The van der Waals surface area contributed by atoms with E-state index in [-0.39, 0.29) is 16.1 Å². The van der Waals surface area contributed by atoms with Crippen molar-refractivity contribution in [1.82, 2.24) is 4.72 Å². The molecule has 0 aliphatic heterocycles. The van der Waals surface area contributed by atoms with Crippen LogP contribution in [0.5, 0.6) is 0 Å². The third kappa shape index (κ3) is 3.10. The Balaban J connectivity index is 2.29. The van der Waals surface area contributed by atoms with Crippen LogP contribution in [0, 0.1) is 11.8 Å². The van der Waals surface area contributed by atoms with E-state index in [1.807, 2.05) is 0 Å². The summed E-state index contributed by atoms with van der Waals surface area (Å²) >= 11 is 0. The van der Waals surface area contributed by atoms with Gasteiger partial charge in [0.25, 0.3) is 0 Å². The SMILES string of the molecule is COC(=O)c1ccc(N)cc1S(=O)(=O)NCC1CC1C. The van der Waals surface area contributed by atoms with Gasteiger partial charge < -0.3 is 10.5 Å². The molecule has 3 N–H and O–H groups in total. The van der Waals surface area contributed by atoms with Crippen molar-refractivity contribution in [3.05, 3.63) is 23.8 Å². The van der Waals surface area contributed by atoms with E-state index in [0.29, 0.717) is 18.4 Å². The van der Waals surface area contributed by atoms with E-state index < -0.39 is 16.0 Å². The number of hydrogen-bond donors (Lipinski definition) is 2. The van der Waals surface area contributed by atoms with Crippen LogP contribution in [0.1, 0.15) is 23.7 Å². The van der Waals surface area contributed by atoms with E-state index in [2.05, 4.69) is 16.4 Å². The lowest BCUT2D eigenvalue weighted by Crippen LogP contribution is -2.28. The fraction of sp³-hybridized carbons (Fsp3) is 0.462. The zero-order valence-corrected chi connectivity index (χ0v) is 12.2. The van der Waals surface area contributed by atoms with E-state index >= 15 is 0 Å². The Morgan fingerprint density at radius 3 is 2.70 bits per heavy atom. The first-order valence-corrected chi connectivity index (χ1v) is 7.81. The predicted octanol–water partition coefficient (Wildman–Crippen LogP) is 0.990. The summed E-state index contributed by atoms with van der Waals surface area (Å²) in [4.78, 5) is 11.5. The minimum Gasteiger partial charge on any atom is -0.465 e. The molecule has 7 heteroatoms. The molecule has 2 rings (SSSR count). The number of esters is 1. The summed E-state index contributed by atoms with van der Waals surface area (Å²) in [5.41, 5.74) is 5.87. The first kappa shape index (κ1) is 14.8. The summed E-state index contributed by atoms with van der Waals surface area (Å²) in [5, 5.41) is 0. The fourth-order valence-corrected chi connectivity index (χ4v) is 3.34. The number of hydrogen-bond acceptors (Lipinski definition) is 5. The van der Waals surface area contributed by atoms with Crippen molar-refractivity contribution in [2.75, 3.05) is 19.4 Å². The Labute approximate surface area is 118 Å². The van der Waals surface area contributed by atoms with Crippen LogP contribution >= 0.6 is 0 Å². The van der Waals surface area contributed by atoms with Crippen LogP contribution < -0.4 is 10.5 Å². The molecule has 2 atom stereocenters. The topological polar surface area (TPSA) is 98.5 Å². The monoisotopic (exact) mass is 298 g/mol. The summed E-state index contributed by atoms with van der Waals surface area (Å²) in [6, 6.07) is 4.09. The number of methoxy groups -OCH3 is 1. The standard InChI is InChI=1S/C13H18N2O4S/c1-8-5-9(8)7-15-20(17,18)12-6-10(14)3-4-11(12)13(16)19-2/h3-4,6,8-9,15H,5,7,14H2,1-2H3. The zero-order chi connectivity index (χ0) is 14.9. The number of ether oxygens (including phenoxy) is 1. The molecule has 1 aliphatic rings. The van der Waals surface area contributed by atoms with Crippen LogP contribution in [-0.4, -0.2) is 28.0 Å². The molecule has 1 fully saturated rings. The van der Waals surface area contributed by atoms with Gasteiger partial charge in [0.2, 0.25) is 10.0 Å². The van der Waals surface area contributed by atoms with E-state index in [9.17, 15) is 13.2 Å². The maximum atomic E-state index is 12.3. The Hall–Kier alpha value is -1.60.